The number of amides is 1. The highest BCUT2D eigenvalue weighted by atomic mass is 79.9. The van der Waals surface area contributed by atoms with E-state index in [2.05, 4.69) is 31.2 Å². The Labute approximate surface area is 118 Å². The van der Waals surface area contributed by atoms with Crippen molar-refractivity contribution in [1.82, 2.24) is 9.97 Å². The van der Waals surface area contributed by atoms with Crippen molar-refractivity contribution in [2.75, 3.05) is 5.32 Å². The van der Waals surface area contributed by atoms with Gasteiger partial charge in [0.25, 0.3) is 5.91 Å². The number of carbonyl (C=O) groups is 1. The fourth-order valence-corrected chi connectivity index (χ4v) is 2.21. The molecule has 0 bridgehead atoms. The van der Waals surface area contributed by atoms with Gasteiger partial charge in [-0.1, -0.05) is 17.7 Å². The van der Waals surface area contributed by atoms with Crippen LogP contribution in [0.25, 0.3) is 0 Å². The Bertz CT molecular complexity index is 604. The molecule has 0 spiro atoms. The monoisotopic (exact) mass is 325 g/mol. The molecule has 2 aromatic rings. The summed E-state index contributed by atoms with van der Waals surface area (Å²) in [6.07, 6.45) is 2.92. The van der Waals surface area contributed by atoms with Gasteiger partial charge in [0.1, 0.15) is 0 Å². The molecule has 0 aliphatic carbocycles. The predicted molar refractivity (Wildman–Crippen MR) is 73.9 cm³/mol. The molecule has 0 aliphatic rings. The summed E-state index contributed by atoms with van der Waals surface area (Å²) >= 11 is 9.17. The van der Waals surface area contributed by atoms with E-state index in [-0.39, 0.29) is 16.9 Å². The summed E-state index contributed by atoms with van der Waals surface area (Å²) in [6, 6.07) is 5.46. The maximum absolute atomic E-state index is 12.0. The second kappa shape index (κ2) is 5.46. The largest absolute Gasteiger partial charge is 0.304 e. The zero-order valence-corrected chi connectivity index (χ0v) is 11.8. The number of aryl methyl sites for hydroxylation is 1. The highest BCUT2D eigenvalue weighted by molar-refractivity contribution is 9.10. The first-order valence-corrected chi connectivity index (χ1v) is 6.29. The fraction of sp³-hybridized carbons (Fsp3) is 0.0833. The number of anilines is 1. The minimum Gasteiger partial charge on any atom is -0.304 e. The Hall–Kier alpha value is -1.46. The van der Waals surface area contributed by atoms with Gasteiger partial charge in [-0.3, -0.25) is 4.79 Å². The Morgan fingerprint density at radius 1 is 1.33 bits per heavy atom. The van der Waals surface area contributed by atoms with Crippen molar-refractivity contribution in [1.29, 1.82) is 0 Å². The van der Waals surface area contributed by atoms with Gasteiger partial charge in [0.15, 0.2) is 11.0 Å². The van der Waals surface area contributed by atoms with Gasteiger partial charge in [0, 0.05) is 16.9 Å². The number of hydrogen-bond donors (Lipinski definition) is 1. The molecule has 0 saturated carbocycles. The van der Waals surface area contributed by atoms with Crippen LogP contribution in [0.2, 0.25) is 5.15 Å². The van der Waals surface area contributed by atoms with E-state index in [1.807, 2.05) is 19.1 Å². The summed E-state index contributed by atoms with van der Waals surface area (Å²) in [7, 11) is 0. The van der Waals surface area contributed by atoms with Crippen molar-refractivity contribution in [2.45, 2.75) is 6.92 Å². The average molecular weight is 327 g/mol. The number of rotatable bonds is 2. The smallest absolute Gasteiger partial charge is 0.258 e. The molecule has 4 nitrogen and oxygen atoms in total. The number of hydrogen-bond acceptors (Lipinski definition) is 3. The Morgan fingerprint density at radius 3 is 2.72 bits per heavy atom. The average Bonchev–Trinajstić information content (AvgIpc) is 2.32. The fourth-order valence-electron chi connectivity index (χ4n) is 1.38. The molecule has 6 heteroatoms. The molecule has 1 heterocycles. The molecule has 0 saturated heterocycles. The van der Waals surface area contributed by atoms with Gasteiger partial charge < -0.3 is 5.32 Å². The lowest BCUT2D eigenvalue weighted by Crippen LogP contribution is -2.14. The quantitative estimate of drug-likeness (QED) is 0.919. The van der Waals surface area contributed by atoms with Crippen molar-refractivity contribution in [2.24, 2.45) is 0 Å². The summed E-state index contributed by atoms with van der Waals surface area (Å²) in [6.45, 7) is 1.95. The van der Waals surface area contributed by atoms with Gasteiger partial charge in [-0.25, -0.2) is 9.97 Å². The van der Waals surface area contributed by atoms with Gasteiger partial charge in [0.2, 0.25) is 0 Å². The first-order valence-electron chi connectivity index (χ1n) is 5.12. The van der Waals surface area contributed by atoms with Gasteiger partial charge in [0.05, 0.1) is 5.56 Å². The van der Waals surface area contributed by atoms with E-state index >= 15 is 0 Å². The van der Waals surface area contributed by atoms with Gasteiger partial charge >= 0.3 is 0 Å². The van der Waals surface area contributed by atoms with Crippen LogP contribution >= 0.6 is 27.5 Å². The Balaban J connectivity index is 2.25. The summed E-state index contributed by atoms with van der Waals surface area (Å²) in [5, 5.41) is 2.77. The molecule has 0 unspecified atom stereocenters. The number of nitrogens with zero attached hydrogens (tertiary/aromatic N) is 2. The molecule has 2 rings (SSSR count). The van der Waals surface area contributed by atoms with Crippen molar-refractivity contribution in [3.05, 3.63) is 51.3 Å². The Kier molecular flexibility index (Phi) is 3.93. The molecule has 1 amide bonds. The molecule has 0 atom stereocenters. The molecule has 92 valence electrons. The van der Waals surface area contributed by atoms with Crippen molar-refractivity contribution >= 4 is 39.3 Å². The van der Waals surface area contributed by atoms with Crippen LogP contribution in [0.3, 0.4) is 0 Å². The summed E-state index contributed by atoms with van der Waals surface area (Å²) < 4.78 is 0.722. The lowest BCUT2D eigenvalue weighted by atomic mass is 10.1. The maximum atomic E-state index is 12.0. The molecule has 0 fully saturated rings. The third-order valence-corrected chi connectivity index (χ3v) is 3.19. The van der Waals surface area contributed by atoms with Crippen LogP contribution in [0.15, 0.2) is 35.1 Å². The highest BCUT2D eigenvalue weighted by Gasteiger charge is 2.12. The van der Waals surface area contributed by atoms with E-state index in [0.29, 0.717) is 5.56 Å². The number of aromatic nitrogens is 2. The minimum absolute atomic E-state index is 0.161. The molecule has 0 aliphatic heterocycles. The molecule has 1 aromatic carbocycles. The number of benzene rings is 1. The third-order valence-electron chi connectivity index (χ3n) is 2.25. The zero-order valence-electron chi connectivity index (χ0n) is 9.45. The van der Waals surface area contributed by atoms with E-state index in [1.54, 1.807) is 6.07 Å². The molecule has 1 N–H and O–H groups in total. The van der Waals surface area contributed by atoms with Gasteiger partial charge in [-0.05, 0) is 40.5 Å². The van der Waals surface area contributed by atoms with Crippen LogP contribution in [-0.4, -0.2) is 15.9 Å². The van der Waals surface area contributed by atoms with Crippen LogP contribution in [-0.2, 0) is 0 Å². The normalized spacial score (nSPS) is 10.2. The van der Waals surface area contributed by atoms with Crippen molar-refractivity contribution in [3.63, 3.8) is 0 Å². The standard InChI is InChI=1S/C12H9BrClN3O/c1-7-2-3-8(9(13)6-7)12(18)17-11-10(14)15-4-5-16-11/h2-6H,1H3,(H,16,17,18). The van der Waals surface area contributed by atoms with Crippen LogP contribution in [0.1, 0.15) is 15.9 Å². The van der Waals surface area contributed by atoms with E-state index in [9.17, 15) is 4.79 Å². The zero-order chi connectivity index (χ0) is 13.1. The van der Waals surface area contributed by atoms with E-state index in [0.717, 1.165) is 10.0 Å². The SMILES string of the molecule is Cc1ccc(C(=O)Nc2nccnc2Cl)c(Br)c1. The first kappa shape index (κ1) is 13.0. The van der Waals surface area contributed by atoms with Crippen molar-refractivity contribution < 1.29 is 4.79 Å². The van der Waals surface area contributed by atoms with Crippen LogP contribution in [0, 0.1) is 6.92 Å². The van der Waals surface area contributed by atoms with Crippen LogP contribution < -0.4 is 5.32 Å². The first-order chi connectivity index (χ1) is 8.58. The van der Waals surface area contributed by atoms with Crippen LogP contribution in [0.5, 0.6) is 0 Å². The number of nitrogens with one attached hydrogen (secondary N) is 1. The summed E-state index contributed by atoms with van der Waals surface area (Å²) in [5.74, 6) is -0.0408. The third kappa shape index (κ3) is 2.86. The number of carbonyl (C=O) groups excluding carboxylic acids is 1. The molecule has 18 heavy (non-hydrogen) atoms. The second-order valence-corrected chi connectivity index (χ2v) is 4.85. The van der Waals surface area contributed by atoms with E-state index < -0.39 is 0 Å². The minimum atomic E-state index is -0.288. The lowest BCUT2D eigenvalue weighted by molar-refractivity contribution is 0.102. The van der Waals surface area contributed by atoms with E-state index in [1.165, 1.54) is 12.4 Å². The molecule has 1 aromatic heterocycles. The number of halogens is 2. The topological polar surface area (TPSA) is 54.9 Å². The second-order valence-electron chi connectivity index (χ2n) is 3.63. The maximum Gasteiger partial charge on any atom is 0.258 e. The summed E-state index contributed by atoms with van der Waals surface area (Å²) in [5.41, 5.74) is 1.58. The van der Waals surface area contributed by atoms with E-state index in [4.69, 9.17) is 11.6 Å². The lowest BCUT2D eigenvalue weighted by Gasteiger charge is -2.07. The summed E-state index contributed by atoms with van der Waals surface area (Å²) in [4.78, 5) is 19.8. The molecular weight excluding hydrogens is 318 g/mol. The van der Waals surface area contributed by atoms with Crippen LogP contribution in [0.4, 0.5) is 5.82 Å². The van der Waals surface area contributed by atoms with Gasteiger partial charge in [-0.2, -0.15) is 0 Å². The molecular formula is C12H9BrClN3O. The van der Waals surface area contributed by atoms with Gasteiger partial charge in [-0.15, -0.1) is 0 Å². The highest BCUT2D eigenvalue weighted by Crippen LogP contribution is 2.21. The predicted octanol–water partition coefficient (Wildman–Crippen LogP) is 3.45. The Morgan fingerprint density at radius 2 is 2.06 bits per heavy atom. The molecule has 0 radical (unpaired) electrons. The van der Waals surface area contributed by atoms with Crippen molar-refractivity contribution in [3.8, 4) is 0 Å².